The zero-order chi connectivity index (χ0) is 20.1. The number of carbonyl (C=O) groups excluding carboxylic acids is 2. The molecule has 2 amide bonds. The van der Waals surface area contributed by atoms with Crippen molar-refractivity contribution in [2.24, 2.45) is 5.92 Å². The first kappa shape index (κ1) is 19.5. The van der Waals surface area contributed by atoms with Crippen molar-refractivity contribution < 1.29 is 14.3 Å². The number of nitrogens with zero attached hydrogens (tertiary/aromatic N) is 2. The third-order valence-corrected chi connectivity index (χ3v) is 5.69. The molecule has 2 aliphatic heterocycles. The topological polar surface area (TPSA) is 61.9 Å². The first-order valence-electron chi connectivity index (χ1n) is 10.3. The quantitative estimate of drug-likeness (QED) is 0.867. The second-order valence-electron chi connectivity index (χ2n) is 7.54. The number of anilines is 2. The fourth-order valence-electron chi connectivity index (χ4n) is 4.00. The Balaban J connectivity index is 1.35. The van der Waals surface area contributed by atoms with E-state index < -0.39 is 0 Å². The van der Waals surface area contributed by atoms with Crippen LogP contribution < -0.4 is 10.2 Å². The van der Waals surface area contributed by atoms with Gasteiger partial charge in [0, 0.05) is 37.7 Å². The zero-order valence-corrected chi connectivity index (χ0v) is 16.5. The smallest absolute Gasteiger partial charge is 0.253 e. The van der Waals surface area contributed by atoms with Crippen LogP contribution in [0.2, 0.25) is 0 Å². The van der Waals surface area contributed by atoms with Crippen molar-refractivity contribution in [3.8, 4) is 0 Å². The molecule has 0 aliphatic carbocycles. The number of nitrogens with one attached hydrogen (secondary N) is 1. The molecule has 2 aromatic carbocycles. The van der Waals surface area contributed by atoms with Crippen LogP contribution in [0.3, 0.4) is 0 Å². The Kier molecular flexibility index (Phi) is 6.10. The molecule has 6 nitrogen and oxygen atoms in total. The molecule has 0 unspecified atom stereocenters. The molecular weight excluding hydrogens is 366 g/mol. The minimum atomic E-state index is -0.0763. The average Bonchev–Trinajstić information content (AvgIpc) is 2.80. The summed E-state index contributed by atoms with van der Waals surface area (Å²) in [5.74, 6) is 0.00668. The Bertz CT molecular complexity index is 841. The number of carbonyl (C=O) groups is 2. The van der Waals surface area contributed by atoms with Crippen LogP contribution in [-0.2, 0) is 9.53 Å². The van der Waals surface area contributed by atoms with Crippen molar-refractivity contribution in [1.29, 1.82) is 0 Å². The Morgan fingerprint density at radius 1 is 0.862 bits per heavy atom. The standard InChI is InChI=1S/C23H27N3O3/c27-22(24-20-8-4-5-9-21(20)25-14-16-29-17-15-25)18-10-12-26(13-11-18)23(28)19-6-2-1-3-7-19/h1-9,18H,10-17H2,(H,24,27). The molecule has 29 heavy (non-hydrogen) atoms. The molecular formula is C23H27N3O3. The molecule has 1 N–H and O–H groups in total. The van der Waals surface area contributed by atoms with Crippen molar-refractivity contribution in [2.75, 3.05) is 49.6 Å². The van der Waals surface area contributed by atoms with Gasteiger partial charge in [0.05, 0.1) is 24.6 Å². The van der Waals surface area contributed by atoms with Crippen molar-refractivity contribution in [3.05, 3.63) is 60.2 Å². The minimum Gasteiger partial charge on any atom is -0.378 e. The maximum absolute atomic E-state index is 12.9. The summed E-state index contributed by atoms with van der Waals surface area (Å²) in [6.07, 6.45) is 1.37. The van der Waals surface area contributed by atoms with Crippen molar-refractivity contribution in [1.82, 2.24) is 4.90 Å². The fraction of sp³-hybridized carbons (Fsp3) is 0.391. The minimum absolute atomic E-state index is 0.0394. The number of likely N-dealkylation sites (tertiary alicyclic amines) is 1. The van der Waals surface area contributed by atoms with Crippen LogP contribution in [0.25, 0.3) is 0 Å². The number of rotatable bonds is 4. The summed E-state index contributed by atoms with van der Waals surface area (Å²) in [6.45, 7) is 4.28. The van der Waals surface area contributed by atoms with E-state index in [9.17, 15) is 9.59 Å². The molecule has 2 saturated heterocycles. The number of amides is 2. The lowest BCUT2D eigenvalue weighted by Gasteiger charge is -2.33. The van der Waals surface area contributed by atoms with Gasteiger partial charge in [0.2, 0.25) is 5.91 Å². The van der Waals surface area contributed by atoms with E-state index in [0.717, 1.165) is 24.5 Å². The molecule has 4 rings (SSSR count). The Labute approximate surface area is 171 Å². The molecule has 2 aliphatic rings. The van der Waals surface area contributed by atoms with Crippen molar-refractivity contribution in [2.45, 2.75) is 12.8 Å². The van der Waals surface area contributed by atoms with E-state index in [0.29, 0.717) is 44.7 Å². The van der Waals surface area contributed by atoms with Crippen LogP contribution in [0.5, 0.6) is 0 Å². The summed E-state index contributed by atoms with van der Waals surface area (Å²) < 4.78 is 5.44. The predicted molar refractivity (Wildman–Crippen MR) is 113 cm³/mol. The van der Waals surface area contributed by atoms with Crippen LogP contribution in [-0.4, -0.2) is 56.1 Å². The van der Waals surface area contributed by atoms with Crippen LogP contribution in [0.4, 0.5) is 11.4 Å². The van der Waals surface area contributed by atoms with Gasteiger partial charge in [0.15, 0.2) is 0 Å². The summed E-state index contributed by atoms with van der Waals surface area (Å²) in [7, 11) is 0. The van der Waals surface area contributed by atoms with E-state index >= 15 is 0 Å². The van der Waals surface area contributed by atoms with Crippen molar-refractivity contribution >= 4 is 23.2 Å². The first-order chi connectivity index (χ1) is 14.2. The van der Waals surface area contributed by atoms with Gasteiger partial charge < -0.3 is 19.9 Å². The van der Waals surface area contributed by atoms with E-state index in [1.54, 1.807) is 0 Å². The molecule has 6 heteroatoms. The Morgan fingerprint density at radius 3 is 2.24 bits per heavy atom. The van der Waals surface area contributed by atoms with Gasteiger partial charge in [-0.3, -0.25) is 9.59 Å². The highest BCUT2D eigenvalue weighted by molar-refractivity contribution is 5.97. The number of benzene rings is 2. The van der Waals surface area contributed by atoms with Crippen LogP contribution >= 0.6 is 0 Å². The lowest BCUT2D eigenvalue weighted by atomic mass is 9.95. The van der Waals surface area contributed by atoms with Gasteiger partial charge in [-0.2, -0.15) is 0 Å². The number of hydrogen-bond acceptors (Lipinski definition) is 4. The molecule has 2 aromatic rings. The summed E-state index contributed by atoms with van der Waals surface area (Å²) in [4.78, 5) is 29.6. The molecule has 2 heterocycles. The van der Waals surface area contributed by atoms with E-state index in [1.807, 2.05) is 59.5 Å². The van der Waals surface area contributed by atoms with E-state index in [-0.39, 0.29) is 17.7 Å². The van der Waals surface area contributed by atoms with Crippen LogP contribution in [0.15, 0.2) is 54.6 Å². The lowest BCUT2D eigenvalue weighted by molar-refractivity contribution is -0.121. The highest BCUT2D eigenvalue weighted by atomic mass is 16.5. The molecule has 0 atom stereocenters. The zero-order valence-electron chi connectivity index (χ0n) is 16.5. The van der Waals surface area contributed by atoms with Gasteiger partial charge in [-0.1, -0.05) is 30.3 Å². The number of hydrogen-bond donors (Lipinski definition) is 1. The van der Waals surface area contributed by atoms with Gasteiger partial charge in [0.25, 0.3) is 5.91 Å². The van der Waals surface area contributed by atoms with Crippen LogP contribution in [0.1, 0.15) is 23.2 Å². The van der Waals surface area contributed by atoms with Crippen LogP contribution in [0, 0.1) is 5.92 Å². The highest BCUT2D eigenvalue weighted by Crippen LogP contribution is 2.28. The normalized spacial score (nSPS) is 17.8. The fourth-order valence-corrected chi connectivity index (χ4v) is 4.00. The number of para-hydroxylation sites is 2. The van der Waals surface area contributed by atoms with E-state index in [4.69, 9.17) is 4.74 Å². The number of piperidine rings is 1. The first-order valence-corrected chi connectivity index (χ1v) is 10.3. The lowest BCUT2D eigenvalue weighted by Crippen LogP contribution is -2.41. The van der Waals surface area contributed by atoms with Gasteiger partial charge in [-0.15, -0.1) is 0 Å². The molecule has 0 bridgehead atoms. The van der Waals surface area contributed by atoms with Crippen molar-refractivity contribution in [3.63, 3.8) is 0 Å². The van der Waals surface area contributed by atoms with Gasteiger partial charge in [0.1, 0.15) is 0 Å². The Morgan fingerprint density at radius 2 is 1.52 bits per heavy atom. The third kappa shape index (κ3) is 4.59. The van der Waals surface area contributed by atoms with E-state index in [2.05, 4.69) is 10.2 Å². The highest BCUT2D eigenvalue weighted by Gasteiger charge is 2.28. The SMILES string of the molecule is O=C(Nc1ccccc1N1CCOCC1)C1CCN(C(=O)c2ccccc2)CC1. The average molecular weight is 393 g/mol. The molecule has 152 valence electrons. The molecule has 0 radical (unpaired) electrons. The molecule has 0 aromatic heterocycles. The third-order valence-electron chi connectivity index (χ3n) is 5.69. The summed E-state index contributed by atoms with van der Waals surface area (Å²) in [5.41, 5.74) is 2.60. The Hall–Kier alpha value is -2.86. The summed E-state index contributed by atoms with van der Waals surface area (Å²) >= 11 is 0. The van der Waals surface area contributed by atoms with Gasteiger partial charge in [-0.25, -0.2) is 0 Å². The van der Waals surface area contributed by atoms with E-state index in [1.165, 1.54) is 0 Å². The second-order valence-corrected chi connectivity index (χ2v) is 7.54. The van der Waals surface area contributed by atoms with Gasteiger partial charge in [-0.05, 0) is 37.1 Å². The summed E-state index contributed by atoms with van der Waals surface area (Å²) in [5, 5.41) is 3.13. The maximum Gasteiger partial charge on any atom is 0.253 e. The monoisotopic (exact) mass is 393 g/mol. The predicted octanol–water partition coefficient (Wildman–Crippen LogP) is 3.01. The number of ether oxygens (including phenoxy) is 1. The number of morpholine rings is 1. The molecule has 2 fully saturated rings. The molecule has 0 saturated carbocycles. The largest absolute Gasteiger partial charge is 0.378 e. The second kappa shape index (κ2) is 9.09. The summed E-state index contributed by atoms with van der Waals surface area (Å²) in [6, 6.07) is 17.3. The maximum atomic E-state index is 12.9. The van der Waals surface area contributed by atoms with Gasteiger partial charge >= 0.3 is 0 Å². The molecule has 0 spiro atoms.